The van der Waals surface area contributed by atoms with Crippen molar-refractivity contribution in [2.75, 3.05) is 0 Å². The first-order valence-electron chi connectivity index (χ1n) is 4.79. The largest absolute Gasteiger partial charge is 0.478 e. The van der Waals surface area contributed by atoms with E-state index in [1.54, 1.807) is 25.1 Å². The van der Waals surface area contributed by atoms with E-state index in [1.165, 1.54) is 6.08 Å². The van der Waals surface area contributed by atoms with Gasteiger partial charge in [-0.3, -0.25) is 4.79 Å². The van der Waals surface area contributed by atoms with Gasteiger partial charge >= 0.3 is 5.97 Å². The van der Waals surface area contributed by atoms with Gasteiger partial charge in [-0.05, 0) is 27.6 Å². The molecule has 0 heterocycles. The van der Waals surface area contributed by atoms with E-state index in [4.69, 9.17) is 5.11 Å². The summed E-state index contributed by atoms with van der Waals surface area (Å²) in [5.74, 6) is -0.989. The number of ketones is 1. The van der Waals surface area contributed by atoms with Crippen molar-refractivity contribution in [1.29, 1.82) is 0 Å². The first kappa shape index (κ1) is 12.6. The van der Waals surface area contributed by atoms with Crippen molar-refractivity contribution in [3.05, 3.63) is 39.9 Å². The van der Waals surface area contributed by atoms with Gasteiger partial charge in [-0.15, -0.1) is 0 Å². The molecule has 0 bridgehead atoms. The lowest BCUT2D eigenvalue weighted by molar-refractivity contribution is -0.131. The summed E-state index contributed by atoms with van der Waals surface area (Å²) in [7, 11) is 0. The van der Waals surface area contributed by atoms with Crippen LogP contribution in [-0.4, -0.2) is 16.9 Å². The molecule has 0 spiro atoms. The van der Waals surface area contributed by atoms with Crippen molar-refractivity contribution in [3.63, 3.8) is 0 Å². The SMILES string of the molecule is CCC(=O)c1cccc(/C=C/C(=O)O)c1Br. The average Bonchev–Trinajstić information content (AvgIpc) is 2.26. The van der Waals surface area contributed by atoms with Crippen molar-refractivity contribution in [2.45, 2.75) is 13.3 Å². The molecule has 0 saturated heterocycles. The number of benzene rings is 1. The normalized spacial score (nSPS) is 10.6. The first-order valence-corrected chi connectivity index (χ1v) is 5.58. The average molecular weight is 283 g/mol. The van der Waals surface area contributed by atoms with Crippen LogP contribution in [0, 0.1) is 0 Å². The molecule has 84 valence electrons. The molecule has 1 aromatic rings. The smallest absolute Gasteiger partial charge is 0.328 e. The predicted molar refractivity (Wildman–Crippen MR) is 65.4 cm³/mol. The van der Waals surface area contributed by atoms with Gasteiger partial charge in [-0.25, -0.2) is 4.79 Å². The second kappa shape index (κ2) is 5.61. The van der Waals surface area contributed by atoms with Gasteiger partial charge in [0.15, 0.2) is 5.78 Å². The van der Waals surface area contributed by atoms with E-state index >= 15 is 0 Å². The van der Waals surface area contributed by atoms with Crippen LogP contribution in [-0.2, 0) is 4.79 Å². The van der Waals surface area contributed by atoms with Gasteiger partial charge in [0.2, 0.25) is 0 Å². The highest BCUT2D eigenvalue weighted by Gasteiger charge is 2.09. The summed E-state index contributed by atoms with van der Waals surface area (Å²) in [5.41, 5.74) is 1.26. The molecule has 0 amide bonds. The second-order valence-corrected chi connectivity index (χ2v) is 3.95. The zero-order chi connectivity index (χ0) is 12.1. The van der Waals surface area contributed by atoms with E-state index in [2.05, 4.69) is 15.9 Å². The van der Waals surface area contributed by atoms with Gasteiger partial charge in [0.25, 0.3) is 0 Å². The van der Waals surface area contributed by atoms with Crippen LogP contribution in [0.25, 0.3) is 6.08 Å². The van der Waals surface area contributed by atoms with Crippen LogP contribution in [0.1, 0.15) is 29.3 Å². The van der Waals surface area contributed by atoms with Crippen molar-refractivity contribution >= 4 is 33.8 Å². The van der Waals surface area contributed by atoms with E-state index in [0.717, 1.165) is 6.08 Å². The fraction of sp³-hybridized carbons (Fsp3) is 0.167. The topological polar surface area (TPSA) is 54.4 Å². The quantitative estimate of drug-likeness (QED) is 0.682. The number of halogens is 1. The third-order valence-corrected chi connectivity index (χ3v) is 2.94. The molecule has 0 radical (unpaired) electrons. The molecule has 0 atom stereocenters. The highest BCUT2D eigenvalue weighted by atomic mass is 79.9. The number of carboxylic acids is 1. The lowest BCUT2D eigenvalue weighted by Gasteiger charge is -2.04. The van der Waals surface area contributed by atoms with Crippen molar-refractivity contribution in [2.24, 2.45) is 0 Å². The van der Waals surface area contributed by atoms with Crippen LogP contribution in [0.5, 0.6) is 0 Å². The molecule has 16 heavy (non-hydrogen) atoms. The fourth-order valence-electron chi connectivity index (χ4n) is 1.25. The van der Waals surface area contributed by atoms with Gasteiger partial charge in [0.1, 0.15) is 0 Å². The van der Waals surface area contributed by atoms with Gasteiger partial charge in [0.05, 0.1) is 0 Å². The minimum absolute atomic E-state index is 0.0254. The van der Waals surface area contributed by atoms with Gasteiger partial charge in [0, 0.05) is 22.5 Å². The van der Waals surface area contributed by atoms with Crippen LogP contribution in [0.15, 0.2) is 28.7 Å². The summed E-state index contributed by atoms with van der Waals surface area (Å²) >= 11 is 3.31. The van der Waals surface area contributed by atoms with Crippen molar-refractivity contribution < 1.29 is 14.7 Å². The molecule has 0 aliphatic rings. The third kappa shape index (κ3) is 3.03. The summed E-state index contributed by atoms with van der Waals surface area (Å²) in [6.45, 7) is 1.79. The molecule has 0 fully saturated rings. The molecule has 4 heteroatoms. The Morgan fingerprint density at radius 2 is 2.12 bits per heavy atom. The summed E-state index contributed by atoms with van der Waals surface area (Å²) in [4.78, 5) is 21.9. The lowest BCUT2D eigenvalue weighted by Crippen LogP contribution is -1.98. The zero-order valence-electron chi connectivity index (χ0n) is 8.74. The summed E-state index contributed by atoms with van der Waals surface area (Å²) in [5, 5.41) is 8.52. The Hall–Kier alpha value is -1.42. The minimum Gasteiger partial charge on any atom is -0.478 e. The number of carbonyl (C=O) groups is 2. The fourth-order valence-corrected chi connectivity index (χ4v) is 1.86. The van der Waals surface area contributed by atoms with Gasteiger partial charge in [-0.2, -0.15) is 0 Å². The molecule has 1 N–H and O–H groups in total. The van der Waals surface area contributed by atoms with E-state index in [0.29, 0.717) is 22.0 Å². The van der Waals surface area contributed by atoms with E-state index < -0.39 is 5.97 Å². The standard InChI is InChI=1S/C12H11BrO3/c1-2-10(14)9-5-3-4-8(12(9)13)6-7-11(15)16/h3-7H,2H2,1H3,(H,15,16)/b7-6+. The minimum atomic E-state index is -1.01. The van der Waals surface area contributed by atoms with Crippen LogP contribution in [0.3, 0.4) is 0 Å². The monoisotopic (exact) mass is 282 g/mol. The molecule has 0 aromatic heterocycles. The maximum atomic E-state index is 11.6. The molecule has 0 unspecified atom stereocenters. The lowest BCUT2D eigenvalue weighted by atomic mass is 10.1. The van der Waals surface area contributed by atoms with E-state index in [9.17, 15) is 9.59 Å². The summed E-state index contributed by atoms with van der Waals surface area (Å²) < 4.78 is 0.638. The van der Waals surface area contributed by atoms with Gasteiger partial charge in [-0.1, -0.05) is 25.1 Å². The molecule has 0 aliphatic heterocycles. The summed E-state index contributed by atoms with van der Waals surface area (Å²) in [6, 6.07) is 5.19. The maximum Gasteiger partial charge on any atom is 0.328 e. The number of Topliss-reactive ketones (excluding diaryl/α,β-unsaturated/α-hetero) is 1. The van der Waals surface area contributed by atoms with E-state index in [1.807, 2.05) is 0 Å². The van der Waals surface area contributed by atoms with Gasteiger partial charge < -0.3 is 5.11 Å². The molecular formula is C12H11BrO3. The molecule has 0 saturated carbocycles. The Morgan fingerprint density at radius 1 is 1.44 bits per heavy atom. The number of carboxylic acid groups (broad SMARTS) is 1. The Balaban J connectivity index is 3.13. The van der Waals surface area contributed by atoms with Crippen LogP contribution in [0.2, 0.25) is 0 Å². The number of hydrogen-bond acceptors (Lipinski definition) is 2. The Bertz CT molecular complexity index is 450. The zero-order valence-corrected chi connectivity index (χ0v) is 10.3. The van der Waals surface area contributed by atoms with Crippen LogP contribution >= 0.6 is 15.9 Å². The molecular weight excluding hydrogens is 272 g/mol. The number of rotatable bonds is 4. The number of hydrogen-bond donors (Lipinski definition) is 1. The molecule has 0 aliphatic carbocycles. The molecule has 1 aromatic carbocycles. The Labute approximate surface area is 102 Å². The molecule has 3 nitrogen and oxygen atoms in total. The van der Waals surface area contributed by atoms with Crippen molar-refractivity contribution in [3.8, 4) is 0 Å². The van der Waals surface area contributed by atoms with Crippen LogP contribution < -0.4 is 0 Å². The Morgan fingerprint density at radius 3 is 2.69 bits per heavy atom. The van der Waals surface area contributed by atoms with Crippen molar-refractivity contribution in [1.82, 2.24) is 0 Å². The second-order valence-electron chi connectivity index (χ2n) is 3.16. The highest BCUT2D eigenvalue weighted by molar-refractivity contribution is 9.10. The molecule has 1 rings (SSSR count). The maximum absolute atomic E-state index is 11.6. The summed E-state index contributed by atoms with van der Waals surface area (Å²) in [6.07, 6.45) is 2.92. The third-order valence-electron chi connectivity index (χ3n) is 2.06. The number of carbonyl (C=O) groups excluding carboxylic acids is 1. The Kier molecular flexibility index (Phi) is 4.43. The number of aliphatic carboxylic acids is 1. The highest BCUT2D eigenvalue weighted by Crippen LogP contribution is 2.24. The first-order chi connectivity index (χ1) is 7.56. The predicted octanol–water partition coefficient (Wildman–Crippen LogP) is 3.14. The van der Waals surface area contributed by atoms with Crippen LogP contribution in [0.4, 0.5) is 0 Å². The van der Waals surface area contributed by atoms with E-state index in [-0.39, 0.29) is 5.78 Å².